The molecule has 8 heteroatoms. The molecule has 0 radical (unpaired) electrons. The average Bonchev–Trinajstić information content (AvgIpc) is 3.00. The van der Waals surface area contributed by atoms with Crippen LogP contribution in [-0.2, 0) is 9.59 Å². The lowest BCUT2D eigenvalue weighted by atomic mass is 9.86. The molecule has 1 aliphatic heterocycles. The van der Waals surface area contributed by atoms with E-state index in [0.717, 1.165) is 36.5 Å². The zero-order valence-corrected chi connectivity index (χ0v) is 15.1. The maximum atomic E-state index is 12.2. The van der Waals surface area contributed by atoms with Gasteiger partial charge in [0, 0.05) is 30.6 Å². The minimum Gasteiger partial charge on any atom is -0.389 e. The van der Waals surface area contributed by atoms with E-state index < -0.39 is 6.10 Å². The first-order chi connectivity index (χ1) is 12.0. The molecule has 3 atom stereocenters. The molecule has 0 unspecified atom stereocenters. The van der Waals surface area contributed by atoms with Crippen molar-refractivity contribution in [2.24, 2.45) is 0 Å². The molecule has 3 rings (SSSR count). The molecule has 2 aliphatic rings. The molecule has 1 saturated heterocycles. The highest BCUT2D eigenvalue weighted by Crippen LogP contribution is 2.24. The highest BCUT2D eigenvalue weighted by Gasteiger charge is 2.37. The van der Waals surface area contributed by atoms with Gasteiger partial charge in [0.2, 0.25) is 11.8 Å². The molecule has 0 spiro atoms. The summed E-state index contributed by atoms with van der Waals surface area (Å²) < 4.78 is 0. The Morgan fingerprint density at radius 1 is 1.52 bits per heavy atom. The number of amides is 2. The third kappa shape index (κ3) is 4.65. The summed E-state index contributed by atoms with van der Waals surface area (Å²) in [5.74, 6) is -0.238. The van der Waals surface area contributed by atoms with Gasteiger partial charge in [0.15, 0.2) is 0 Å². The number of aliphatic hydroxyl groups is 1. The van der Waals surface area contributed by atoms with E-state index in [9.17, 15) is 14.7 Å². The number of aliphatic hydroxyl groups excluding tert-OH is 1. The lowest BCUT2D eigenvalue weighted by Crippen LogP contribution is -2.60. The summed E-state index contributed by atoms with van der Waals surface area (Å²) in [6.07, 6.45) is 4.97. The van der Waals surface area contributed by atoms with Gasteiger partial charge in [0.05, 0.1) is 29.4 Å². The second-order valence-corrected chi connectivity index (χ2v) is 7.61. The fourth-order valence-corrected chi connectivity index (χ4v) is 4.08. The van der Waals surface area contributed by atoms with Crippen LogP contribution in [0.25, 0.3) is 6.08 Å². The Balaban J connectivity index is 1.57. The molecular weight excluding hydrogens is 340 g/mol. The van der Waals surface area contributed by atoms with Crippen LogP contribution in [0.4, 0.5) is 0 Å². The van der Waals surface area contributed by atoms with Crippen LogP contribution in [-0.4, -0.2) is 64.6 Å². The molecule has 1 aromatic heterocycles. The summed E-state index contributed by atoms with van der Waals surface area (Å²) in [5.41, 5.74) is 0.763. The minimum atomic E-state index is -0.668. The van der Waals surface area contributed by atoms with Crippen LogP contribution in [0.15, 0.2) is 11.5 Å². The SMILES string of the molecule is Cc1nc(/C=C/C(=O)N[C@@H]2CCC[C@@H](N3CCNC(=O)C3)[C@@H]2O)cs1. The summed E-state index contributed by atoms with van der Waals surface area (Å²) >= 11 is 1.54. The molecule has 3 N–H and O–H groups in total. The molecule has 2 heterocycles. The molecule has 2 amide bonds. The van der Waals surface area contributed by atoms with Gasteiger partial charge in [0.1, 0.15) is 0 Å². The van der Waals surface area contributed by atoms with Gasteiger partial charge < -0.3 is 15.7 Å². The standard InChI is InChI=1S/C17H24N4O3S/c1-11-19-12(10-25-11)5-6-15(22)20-13-3-2-4-14(17(13)24)21-8-7-18-16(23)9-21/h5-6,10,13-14,17,24H,2-4,7-9H2,1H3,(H,18,23)(H,20,22)/b6-5+/t13-,14-,17-/m1/s1. The number of carbonyl (C=O) groups is 2. The Hall–Kier alpha value is -1.77. The van der Waals surface area contributed by atoms with Crippen molar-refractivity contribution in [3.05, 3.63) is 22.2 Å². The Kier molecular flexibility index (Phi) is 5.82. The van der Waals surface area contributed by atoms with E-state index in [0.29, 0.717) is 13.1 Å². The first-order valence-corrected chi connectivity index (χ1v) is 9.50. The second-order valence-electron chi connectivity index (χ2n) is 6.55. The van der Waals surface area contributed by atoms with Crippen LogP contribution in [0.3, 0.4) is 0 Å². The second kappa shape index (κ2) is 8.07. The van der Waals surface area contributed by atoms with Crippen molar-refractivity contribution in [1.82, 2.24) is 20.5 Å². The Bertz CT molecular complexity index is 660. The Morgan fingerprint density at radius 2 is 2.36 bits per heavy atom. The van der Waals surface area contributed by atoms with Crippen LogP contribution in [0, 0.1) is 6.92 Å². The third-order valence-corrected chi connectivity index (χ3v) is 5.52. The number of rotatable bonds is 4. The summed E-state index contributed by atoms with van der Waals surface area (Å²) in [4.78, 5) is 30.1. The van der Waals surface area contributed by atoms with Gasteiger partial charge in [0.25, 0.3) is 0 Å². The zero-order chi connectivity index (χ0) is 17.8. The van der Waals surface area contributed by atoms with Crippen molar-refractivity contribution in [1.29, 1.82) is 0 Å². The van der Waals surface area contributed by atoms with E-state index in [1.165, 1.54) is 17.4 Å². The Labute approximate surface area is 151 Å². The first-order valence-electron chi connectivity index (χ1n) is 8.62. The van der Waals surface area contributed by atoms with Gasteiger partial charge in [-0.2, -0.15) is 0 Å². The monoisotopic (exact) mass is 364 g/mol. The lowest BCUT2D eigenvalue weighted by molar-refractivity contribution is -0.127. The summed E-state index contributed by atoms with van der Waals surface area (Å²) in [6, 6.07) is -0.381. The number of piperazine rings is 1. The third-order valence-electron chi connectivity index (χ3n) is 4.73. The van der Waals surface area contributed by atoms with Crippen molar-refractivity contribution >= 4 is 29.2 Å². The molecule has 7 nitrogen and oxygen atoms in total. The topological polar surface area (TPSA) is 94.6 Å². The highest BCUT2D eigenvalue weighted by molar-refractivity contribution is 7.09. The maximum absolute atomic E-state index is 12.2. The fourth-order valence-electron chi connectivity index (χ4n) is 3.50. The summed E-state index contributed by atoms with van der Waals surface area (Å²) in [7, 11) is 0. The molecule has 25 heavy (non-hydrogen) atoms. The van der Waals surface area contributed by atoms with Gasteiger partial charge >= 0.3 is 0 Å². The van der Waals surface area contributed by atoms with Crippen LogP contribution >= 0.6 is 11.3 Å². The van der Waals surface area contributed by atoms with Crippen molar-refractivity contribution in [2.75, 3.05) is 19.6 Å². The first kappa shape index (κ1) is 18.0. The predicted molar refractivity (Wildman–Crippen MR) is 96.0 cm³/mol. The van der Waals surface area contributed by atoms with Crippen LogP contribution < -0.4 is 10.6 Å². The van der Waals surface area contributed by atoms with Crippen LogP contribution in [0.1, 0.15) is 30.0 Å². The van der Waals surface area contributed by atoms with Gasteiger partial charge in [-0.1, -0.05) is 0 Å². The quantitative estimate of drug-likeness (QED) is 0.668. The normalized spacial score (nSPS) is 28.1. The van der Waals surface area contributed by atoms with Crippen LogP contribution in [0.5, 0.6) is 0 Å². The number of nitrogens with one attached hydrogen (secondary N) is 2. The largest absolute Gasteiger partial charge is 0.389 e. The van der Waals surface area contributed by atoms with Gasteiger partial charge in [-0.15, -0.1) is 11.3 Å². The van der Waals surface area contributed by atoms with Crippen LogP contribution in [0.2, 0.25) is 0 Å². The maximum Gasteiger partial charge on any atom is 0.244 e. The molecule has 1 saturated carbocycles. The number of thiazole rings is 1. The zero-order valence-electron chi connectivity index (χ0n) is 14.3. The van der Waals surface area contributed by atoms with E-state index in [4.69, 9.17) is 0 Å². The van der Waals surface area contributed by atoms with E-state index in [1.807, 2.05) is 17.2 Å². The molecule has 0 bridgehead atoms. The number of aryl methyl sites for hydroxylation is 1. The van der Waals surface area contributed by atoms with Gasteiger partial charge in [-0.25, -0.2) is 4.98 Å². The highest BCUT2D eigenvalue weighted by atomic mass is 32.1. The Morgan fingerprint density at radius 3 is 3.08 bits per heavy atom. The number of aromatic nitrogens is 1. The van der Waals surface area contributed by atoms with E-state index >= 15 is 0 Å². The molecule has 2 fully saturated rings. The summed E-state index contributed by atoms with van der Waals surface area (Å²) in [6.45, 7) is 3.57. The van der Waals surface area contributed by atoms with Crippen molar-refractivity contribution in [2.45, 2.75) is 44.4 Å². The number of hydrogen-bond acceptors (Lipinski definition) is 6. The lowest BCUT2D eigenvalue weighted by Gasteiger charge is -2.42. The van der Waals surface area contributed by atoms with E-state index in [1.54, 1.807) is 6.08 Å². The predicted octanol–water partition coefficient (Wildman–Crippen LogP) is 0.295. The number of nitrogens with zero attached hydrogens (tertiary/aromatic N) is 2. The minimum absolute atomic E-state index is 0.00824. The van der Waals surface area contributed by atoms with Crippen molar-refractivity contribution in [3.63, 3.8) is 0 Å². The fraction of sp³-hybridized carbons (Fsp3) is 0.588. The molecule has 0 aromatic carbocycles. The average molecular weight is 364 g/mol. The molecular formula is C17H24N4O3S. The van der Waals surface area contributed by atoms with Gasteiger partial charge in [-0.05, 0) is 32.3 Å². The number of carbonyl (C=O) groups excluding carboxylic acids is 2. The molecule has 136 valence electrons. The summed E-state index contributed by atoms with van der Waals surface area (Å²) in [5, 5.41) is 19.2. The van der Waals surface area contributed by atoms with E-state index in [-0.39, 0.29) is 23.9 Å². The van der Waals surface area contributed by atoms with Crippen molar-refractivity contribution < 1.29 is 14.7 Å². The number of hydrogen-bond donors (Lipinski definition) is 3. The van der Waals surface area contributed by atoms with Gasteiger partial charge in [-0.3, -0.25) is 14.5 Å². The molecule has 1 aromatic rings. The van der Waals surface area contributed by atoms with Crippen molar-refractivity contribution in [3.8, 4) is 0 Å². The van der Waals surface area contributed by atoms with E-state index in [2.05, 4.69) is 15.6 Å². The molecule has 1 aliphatic carbocycles. The smallest absolute Gasteiger partial charge is 0.244 e.